The van der Waals surface area contributed by atoms with E-state index in [9.17, 15) is 9.59 Å². The molecule has 1 amide bonds. The second-order valence-electron chi connectivity index (χ2n) is 5.16. The number of carbonyl (C=O) groups is 2. The van der Waals surface area contributed by atoms with E-state index < -0.39 is 0 Å². The standard InChI is InChI=1S/C15H27NO3/c1-3-5-6-7-11-14(17)16-12-9-8-10-13(16)15(18)19-4-2/h13H,3-12H2,1-2H3. The molecule has 1 fully saturated rings. The van der Waals surface area contributed by atoms with Gasteiger partial charge in [0.2, 0.25) is 5.91 Å². The number of nitrogens with zero attached hydrogens (tertiary/aromatic N) is 1. The minimum atomic E-state index is -0.340. The molecule has 1 aliphatic rings. The highest BCUT2D eigenvalue weighted by Gasteiger charge is 2.32. The molecule has 4 nitrogen and oxygen atoms in total. The average Bonchev–Trinajstić information content (AvgIpc) is 2.43. The van der Waals surface area contributed by atoms with Crippen LogP contribution >= 0.6 is 0 Å². The van der Waals surface area contributed by atoms with E-state index >= 15 is 0 Å². The number of rotatable bonds is 7. The molecule has 1 rings (SSSR count). The Bertz CT molecular complexity index is 291. The Morgan fingerprint density at radius 2 is 1.95 bits per heavy atom. The molecule has 1 heterocycles. The van der Waals surface area contributed by atoms with Gasteiger partial charge in [0.1, 0.15) is 6.04 Å². The second-order valence-corrected chi connectivity index (χ2v) is 5.16. The van der Waals surface area contributed by atoms with Crippen LogP contribution in [0.15, 0.2) is 0 Å². The van der Waals surface area contributed by atoms with Gasteiger partial charge < -0.3 is 9.64 Å². The summed E-state index contributed by atoms with van der Waals surface area (Å²) < 4.78 is 5.07. The smallest absolute Gasteiger partial charge is 0.328 e. The van der Waals surface area contributed by atoms with Crippen LogP contribution in [0.5, 0.6) is 0 Å². The van der Waals surface area contributed by atoms with Gasteiger partial charge in [-0.05, 0) is 32.6 Å². The molecule has 1 saturated heterocycles. The van der Waals surface area contributed by atoms with Crippen LogP contribution < -0.4 is 0 Å². The van der Waals surface area contributed by atoms with Crippen LogP contribution in [0.25, 0.3) is 0 Å². The minimum absolute atomic E-state index is 0.119. The Hall–Kier alpha value is -1.06. The van der Waals surface area contributed by atoms with Gasteiger partial charge in [0.25, 0.3) is 0 Å². The first-order chi connectivity index (χ1) is 9.20. The largest absolute Gasteiger partial charge is 0.464 e. The van der Waals surface area contributed by atoms with Crippen molar-refractivity contribution in [3.05, 3.63) is 0 Å². The number of amides is 1. The molecule has 0 bridgehead atoms. The van der Waals surface area contributed by atoms with Gasteiger partial charge in [0, 0.05) is 13.0 Å². The summed E-state index contributed by atoms with van der Waals surface area (Å²) >= 11 is 0. The number of piperidine rings is 1. The maximum atomic E-state index is 12.2. The van der Waals surface area contributed by atoms with Crippen LogP contribution in [0.4, 0.5) is 0 Å². The van der Waals surface area contributed by atoms with E-state index in [0.29, 0.717) is 19.6 Å². The van der Waals surface area contributed by atoms with E-state index in [-0.39, 0.29) is 17.9 Å². The normalized spacial score (nSPS) is 19.3. The number of ether oxygens (including phenoxy) is 1. The number of carbonyl (C=O) groups excluding carboxylic acids is 2. The van der Waals surface area contributed by atoms with Gasteiger partial charge in [-0.3, -0.25) is 4.79 Å². The summed E-state index contributed by atoms with van der Waals surface area (Å²) in [6.07, 6.45) is 7.69. The first-order valence-corrected chi connectivity index (χ1v) is 7.66. The van der Waals surface area contributed by atoms with Crippen molar-refractivity contribution in [2.24, 2.45) is 0 Å². The highest BCUT2D eigenvalue weighted by atomic mass is 16.5. The molecular weight excluding hydrogens is 242 g/mol. The SMILES string of the molecule is CCCCCCC(=O)N1CCCCC1C(=O)OCC. The molecule has 0 aromatic heterocycles. The highest BCUT2D eigenvalue weighted by molar-refractivity contribution is 5.84. The van der Waals surface area contributed by atoms with Gasteiger partial charge >= 0.3 is 5.97 Å². The van der Waals surface area contributed by atoms with Crippen LogP contribution in [0.3, 0.4) is 0 Å². The zero-order valence-electron chi connectivity index (χ0n) is 12.3. The predicted molar refractivity (Wildman–Crippen MR) is 74.7 cm³/mol. The third kappa shape index (κ3) is 5.21. The van der Waals surface area contributed by atoms with Gasteiger partial charge in [0.05, 0.1) is 6.61 Å². The topological polar surface area (TPSA) is 46.6 Å². The maximum Gasteiger partial charge on any atom is 0.328 e. The fourth-order valence-corrected chi connectivity index (χ4v) is 2.56. The van der Waals surface area contributed by atoms with E-state index in [1.54, 1.807) is 11.8 Å². The Kier molecular flexibility index (Phi) is 7.53. The monoisotopic (exact) mass is 269 g/mol. The Labute approximate surface area is 116 Å². The van der Waals surface area contributed by atoms with Gasteiger partial charge in [-0.25, -0.2) is 4.79 Å². The van der Waals surface area contributed by atoms with Crippen molar-refractivity contribution in [2.75, 3.05) is 13.2 Å². The van der Waals surface area contributed by atoms with Crippen LogP contribution in [0, 0.1) is 0 Å². The van der Waals surface area contributed by atoms with Crippen molar-refractivity contribution in [2.45, 2.75) is 71.3 Å². The van der Waals surface area contributed by atoms with Crippen molar-refractivity contribution < 1.29 is 14.3 Å². The Morgan fingerprint density at radius 3 is 2.63 bits per heavy atom. The number of likely N-dealkylation sites (tertiary alicyclic amines) is 1. The van der Waals surface area contributed by atoms with Crippen molar-refractivity contribution >= 4 is 11.9 Å². The minimum Gasteiger partial charge on any atom is -0.464 e. The average molecular weight is 269 g/mol. The summed E-state index contributed by atoms with van der Waals surface area (Å²) in [6.45, 7) is 5.05. The van der Waals surface area contributed by atoms with Crippen LogP contribution in [0.1, 0.15) is 65.2 Å². The molecule has 0 aromatic carbocycles. The summed E-state index contributed by atoms with van der Waals surface area (Å²) in [6, 6.07) is -0.340. The van der Waals surface area contributed by atoms with Crippen molar-refractivity contribution in [1.82, 2.24) is 4.90 Å². The van der Waals surface area contributed by atoms with E-state index in [4.69, 9.17) is 4.74 Å². The number of unbranched alkanes of at least 4 members (excludes halogenated alkanes) is 3. The van der Waals surface area contributed by atoms with Gasteiger partial charge in [-0.1, -0.05) is 26.2 Å². The lowest BCUT2D eigenvalue weighted by atomic mass is 10.0. The van der Waals surface area contributed by atoms with E-state index in [2.05, 4.69) is 6.92 Å². The molecule has 0 saturated carbocycles. The maximum absolute atomic E-state index is 12.2. The molecule has 1 aliphatic heterocycles. The molecule has 0 spiro atoms. The summed E-state index contributed by atoms with van der Waals surface area (Å²) in [5.41, 5.74) is 0. The fraction of sp³-hybridized carbons (Fsp3) is 0.867. The lowest BCUT2D eigenvalue weighted by Crippen LogP contribution is -2.48. The molecule has 4 heteroatoms. The predicted octanol–water partition coefficient (Wildman–Crippen LogP) is 2.90. The first-order valence-electron chi connectivity index (χ1n) is 7.66. The quantitative estimate of drug-likeness (QED) is 0.527. The molecule has 110 valence electrons. The highest BCUT2D eigenvalue weighted by Crippen LogP contribution is 2.20. The number of hydrogen-bond acceptors (Lipinski definition) is 3. The van der Waals surface area contributed by atoms with Crippen molar-refractivity contribution in [1.29, 1.82) is 0 Å². The Balaban J connectivity index is 2.46. The summed E-state index contributed by atoms with van der Waals surface area (Å²) in [4.78, 5) is 25.8. The van der Waals surface area contributed by atoms with E-state index in [0.717, 1.165) is 32.1 Å². The number of esters is 1. The van der Waals surface area contributed by atoms with Gasteiger partial charge in [-0.15, -0.1) is 0 Å². The fourth-order valence-electron chi connectivity index (χ4n) is 2.56. The molecule has 19 heavy (non-hydrogen) atoms. The van der Waals surface area contributed by atoms with Crippen LogP contribution in [-0.2, 0) is 14.3 Å². The zero-order valence-corrected chi connectivity index (χ0v) is 12.3. The molecule has 0 aliphatic carbocycles. The molecule has 1 atom stereocenters. The number of hydrogen-bond donors (Lipinski definition) is 0. The third-order valence-electron chi connectivity index (χ3n) is 3.63. The lowest BCUT2D eigenvalue weighted by Gasteiger charge is -2.34. The molecule has 1 unspecified atom stereocenters. The van der Waals surface area contributed by atoms with Gasteiger partial charge in [0.15, 0.2) is 0 Å². The van der Waals surface area contributed by atoms with Crippen LogP contribution in [0.2, 0.25) is 0 Å². The van der Waals surface area contributed by atoms with Crippen LogP contribution in [-0.4, -0.2) is 36.0 Å². The van der Waals surface area contributed by atoms with Crippen molar-refractivity contribution in [3.8, 4) is 0 Å². The van der Waals surface area contributed by atoms with E-state index in [1.807, 2.05) is 0 Å². The van der Waals surface area contributed by atoms with E-state index in [1.165, 1.54) is 12.8 Å². The summed E-state index contributed by atoms with van der Waals surface area (Å²) in [7, 11) is 0. The molecule has 0 N–H and O–H groups in total. The molecule has 0 radical (unpaired) electrons. The molecule has 0 aromatic rings. The van der Waals surface area contributed by atoms with Gasteiger partial charge in [-0.2, -0.15) is 0 Å². The van der Waals surface area contributed by atoms with Crippen molar-refractivity contribution in [3.63, 3.8) is 0 Å². The summed E-state index contributed by atoms with van der Waals surface area (Å²) in [5.74, 6) is -0.113. The second kappa shape index (κ2) is 8.94. The lowest BCUT2D eigenvalue weighted by molar-refractivity contribution is -0.156. The third-order valence-corrected chi connectivity index (χ3v) is 3.63. The first kappa shape index (κ1) is 16.0. The Morgan fingerprint density at radius 1 is 1.16 bits per heavy atom. The molecular formula is C15H27NO3. The summed E-state index contributed by atoms with van der Waals surface area (Å²) in [5, 5.41) is 0. The zero-order chi connectivity index (χ0) is 14.1.